The predicted molar refractivity (Wildman–Crippen MR) is 84.9 cm³/mol. The second-order valence-corrected chi connectivity index (χ2v) is 6.47. The number of rotatable bonds is 6. The number of nitrogens with one attached hydrogen (secondary N) is 1. The van der Waals surface area contributed by atoms with Crippen molar-refractivity contribution in [1.29, 1.82) is 0 Å². The number of ether oxygens (including phenoxy) is 1. The van der Waals surface area contributed by atoms with Gasteiger partial charge in [-0.1, -0.05) is 23.4 Å². The minimum atomic E-state index is -0.304. The predicted octanol–water partition coefficient (Wildman–Crippen LogP) is 2.96. The number of hydrogen-bond donors (Lipinski definition) is 1. The van der Waals surface area contributed by atoms with Gasteiger partial charge in [-0.2, -0.15) is 0 Å². The Morgan fingerprint density at radius 2 is 2.33 bits per heavy atom. The number of carbonyl (C=O) groups excluding carboxylic acids is 2. The highest BCUT2D eigenvalue weighted by Gasteiger charge is 2.26. The molecular formula is C15H18ClNO3S. The van der Waals surface area contributed by atoms with E-state index in [0.717, 1.165) is 23.5 Å². The second-order valence-electron chi connectivity index (χ2n) is 4.94. The number of benzene rings is 1. The summed E-state index contributed by atoms with van der Waals surface area (Å²) in [6.45, 7) is 2.39. The molecule has 0 bridgehead atoms. The first kappa shape index (κ1) is 16.2. The van der Waals surface area contributed by atoms with Gasteiger partial charge < -0.3 is 10.1 Å². The van der Waals surface area contributed by atoms with Crippen LogP contribution in [0, 0.1) is 6.92 Å². The molecule has 1 aromatic rings. The van der Waals surface area contributed by atoms with Crippen LogP contribution in [0.25, 0.3) is 0 Å². The zero-order valence-corrected chi connectivity index (χ0v) is 13.4. The van der Waals surface area contributed by atoms with Crippen molar-refractivity contribution in [2.45, 2.75) is 32.2 Å². The molecule has 1 atom stereocenters. The summed E-state index contributed by atoms with van der Waals surface area (Å²) in [5, 5.41) is 3.51. The van der Waals surface area contributed by atoms with Gasteiger partial charge in [-0.25, -0.2) is 0 Å². The standard InChI is InChI=1S/C15H18ClNO3S/c1-10-9-11(16)4-5-13(10)20-7-2-3-14(18)17-12-6-8-21-15(12)19/h4-5,9,12H,2-3,6-8H2,1H3,(H,17,18). The Morgan fingerprint density at radius 1 is 1.52 bits per heavy atom. The first-order valence-corrected chi connectivity index (χ1v) is 8.27. The van der Waals surface area contributed by atoms with Crippen LogP contribution in [-0.2, 0) is 9.59 Å². The summed E-state index contributed by atoms with van der Waals surface area (Å²) in [5.41, 5.74) is 0.973. The van der Waals surface area contributed by atoms with Crippen LogP contribution in [0.4, 0.5) is 0 Å². The van der Waals surface area contributed by atoms with Gasteiger partial charge in [0.1, 0.15) is 5.75 Å². The zero-order valence-electron chi connectivity index (χ0n) is 11.9. The molecule has 0 aromatic heterocycles. The smallest absolute Gasteiger partial charge is 0.220 e. The molecule has 0 radical (unpaired) electrons. The van der Waals surface area contributed by atoms with Gasteiger partial charge in [0.15, 0.2) is 0 Å². The van der Waals surface area contributed by atoms with E-state index in [0.29, 0.717) is 24.5 Å². The van der Waals surface area contributed by atoms with Crippen LogP contribution in [0.5, 0.6) is 5.75 Å². The third-order valence-corrected chi connectivity index (χ3v) is 4.46. The monoisotopic (exact) mass is 327 g/mol. The number of carbonyl (C=O) groups is 2. The highest BCUT2D eigenvalue weighted by molar-refractivity contribution is 8.14. The van der Waals surface area contributed by atoms with Crippen LogP contribution < -0.4 is 10.1 Å². The fourth-order valence-corrected chi connectivity index (χ4v) is 3.24. The van der Waals surface area contributed by atoms with Crippen LogP contribution in [0.1, 0.15) is 24.8 Å². The van der Waals surface area contributed by atoms with Gasteiger partial charge in [-0.05, 0) is 43.5 Å². The molecule has 4 nitrogen and oxygen atoms in total. The third-order valence-electron chi connectivity index (χ3n) is 3.21. The molecule has 1 aromatic carbocycles. The fraction of sp³-hybridized carbons (Fsp3) is 0.467. The summed E-state index contributed by atoms with van der Waals surface area (Å²) in [4.78, 5) is 23.1. The van der Waals surface area contributed by atoms with E-state index in [1.807, 2.05) is 19.1 Å². The molecule has 1 amide bonds. The van der Waals surface area contributed by atoms with E-state index in [1.54, 1.807) is 6.07 Å². The first-order valence-electron chi connectivity index (χ1n) is 6.91. The largest absolute Gasteiger partial charge is 0.493 e. The number of thioether (sulfide) groups is 1. The van der Waals surface area contributed by atoms with Gasteiger partial charge in [-0.15, -0.1) is 0 Å². The van der Waals surface area contributed by atoms with E-state index >= 15 is 0 Å². The molecule has 0 saturated carbocycles. The fourth-order valence-electron chi connectivity index (χ4n) is 2.08. The lowest BCUT2D eigenvalue weighted by Crippen LogP contribution is -2.37. The number of amides is 1. The zero-order chi connectivity index (χ0) is 15.2. The van der Waals surface area contributed by atoms with Crippen LogP contribution in [0.15, 0.2) is 18.2 Å². The van der Waals surface area contributed by atoms with Crippen molar-refractivity contribution >= 4 is 34.4 Å². The number of hydrogen-bond acceptors (Lipinski definition) is 4. The van der Waals surface area contributed by atoms with E-state index in [4.69, 9.17) is 16.3 Å². The maximum absolute atomic E-state index is 11.7. The average Bonchev–Trinajstić information content (AvgIpc) is 2.82. The van der Waals surface area contributed by atoms with Crippen molar-refractivity contribution < 1.29 is 14.3 Å². The number of halogens is 1. The normalized spacial score (nSPS) is 17.8. The van der Waals surface area contributed by atoms with Gasteiger partial charge in [0.2, 0.25) is 11.0 Å². The Morgan fingerprint density at radius 3 is 3.00 bits per heavy atom. The molecule has 2 rings (SSSR count). The van der Waals surface area contributed by atoms with Gasteiger partial charge in [0, 0.05) is 17.2 Å². The second kappa shape index (κ2) is 7.71. The van der Waals surface area contributed by atoms with Crippen molar-refractivity contribution in [2.75, 3.05) is 12.4 Å². The Bertz CT molecular complexity index is 536. The van der Waals surface area contributed by atoms with Gasteiger partial charge in [0.25, 0.3) is 0 Å². The molecule has 0 aliphatic carbocycles. The van der Waals surface area contributed by atoms with E-state index in [-0.39, 0.29) is 17.1 Å². The minimum Gasteiger partial charge on any atom is -0.493 e. The molecule has 1 saturated heterocycles. The Balaban J connectivity index is 1.67. The average molecular weight is 328 g/mol. The maximum atomic E-state index is 11.7. The summed E-state index contributed by atoms with van der Waals surface area (Å²) in [6, 6.07) is 5.14. The van der Waals surface area contributed by atoms with Crippen LogP contribution in [0.2, 0.25) is 5.02 Å². The number of aryl methyl sites for hydroxylation is 1. The molecule has 21 heavy (non-hydrogen) atoms. The summed E-state index contributed by atoms with van der Waals surface area (Å²) >= 11 is 7.16. The molecule has 114 valence electrons. The molecule has 1 aliphatic heterocycles. The highest BCUT2D eigenvalue weighted by atomic mass is 35.5. The van der Waals surface area contributed by atoms with Crippen molar-refractivity contribution in [1.82, 2.24) is 5.32 Å². The molecule has 1 heterocycles. The molecule has 1 unspecified atom stereocenters. The minimum absolute atomic E-state index is 0.0661. The van der Waals surface area contributed by atoms with Gasteiger partial charge in [0.05, 0.1) is 12.6 Å². The lowest BCUT2D eigenvalue weighted by Gasteiger charge is -2.11. The molecule has 1 aliphatic rings. The summed E-state index contributed by atoms with van der Waals surface area (Å²) in [5.74, 6) is 1.48. The lowest BCUT2D eigenvalue weighted by molar-refractivity contribution is -0.124. The Labute approximate surface area is 133 Å². The third kappa shape index (κ3) is 4.93. The van der Waals surface area contributed by atoms with Crippen LogP contribution in [0.3, 0.4) is 0 Å². The van der Waals surface area contributed by atoms with E-state index in [2.05, 4.69) is 5.32 Å². The van der Waals surface area contributed by atoms with Crippen LogP contribution in [-0.4, -0.2) is 29.4 Å². The summed E-state index contributed by atoms with van der Waals surface area (Å²) in [7, 11) is 0. The topological polar surface area (TPSA) is 55.4 Å². The lowest BCUT2D eigenvalue weighted by atomic mass is 10.2. The quantitative estimate of drug-likeness (QED) is 0.816. The molecule has 1 fully saturated rings. The van der Waals surface area contributed by atoms with Gasteiger partial charge >= 0.3 is 0 Å². The maximum Gasteiger partial charge on any atom is 0.220 e. The Kier molecular flexibility index (Phi) is 5.94. The Hall–Kier alpha value is -1.20. The van der Waals surface area contributed by atoms with Crippen molar-refractivity contribution in [3.8, 4) is 5.75 Å². The van der Waals surface area contributed by atoms with Crippen molar-refractivity contribution in [3.63, 3.8) is 0 Å². The van der Waals surface area contributed by atoms with Crippen molar-refractivity contribution in [3.05, 3.63) is 28.8 Å². The highest BCUT2D eigenvalue weighted by Crippen LogP contribution is 2.22. The van der Waals surface area contributed by atoms with Crippen LogP contribution >= 0.6 is 23.4 Å². The van der Waals surface area contributed by atoms with E-state index in [9.17, 15) is 9.59 Å². The van der Waals surface area contributed by atoms with E-state index in [1.165, 1.54) is 11.8 Å². The summed E-state index contributed by atoms with van der Waals surface area (Å²) < 4.78 is 5.62. The molecule has 6 heteroatoms. The molecule has 1 N–H and O–H groups in total. The molecular weight excluding hydrogens is 310 g/mol. The molecule has 0 spiro atoms. The summed E-state index contributed by atoms with van der Waals surface area (Å²) in [6.07, 6.45) is 1.71. The SMILES string of the molecule is Cc1cc(Cl)ccc1OCCCC(=O)NC1CCSC1=O. The van der Waals surface area contributed by atoms with Crippen molar-refractivity contribution in [2.24, 2.45) is 0 Å². The van der Waals surface area contributed by atoms with Gasteiger partial charge in [-0.3, -0.25) is 9.59 Å². The van der Waals surface area contributed by atoms with E-state index < -0.39 is 0 Å². The first-order chi connectivity index (χ1) is 10.1.